The third-order valence-corrected chi connectivity index (χ3v) is 7.95. The molecule has 1 saturated heterocycles. The number of allylic oxidation sites excluding steroid dienone is 1. The topological polar surface area (TPSA) is 71.5 Å². The van der Waals surface area contributed by atoms with Crippen LogP contribution >= 0.6 is 0 Å². The van der Waals surface area contributed by atoms with E-state index in [9.17, 15) is 18.0 Å². The van der Waals surface area contributed by atoms with Crippen molar-refractivity contribution in [2.45, 2.75) is 38.0 Å². The second-order valence-electron chi connectivity index (χ2n) is 7.51. The summed E-state index contributed by atoms with van der Waals surface area (Å²) < 4.78 is 27.6. The minimum absolute atomic E-state index is 0.0374. The van der Waals surface area contributed by atoms with Gasteiger partial charge in [0.25, 0.3) is 0 Å². The van der Waals surface area contributed by atoms with Crippen LogP contribution in [0, 0.1) is 18.3 Å². The lowest BCUT2D eigenvalue weighted by Gasteiger charge is -2.36. The third kappa shape index (κ3) is 2.27. The van der Waals surface area contributed by atoms with Crippen LogP contribution in [0.1, 0.15) is 31.7 Å². The van der Waals surface area contributed by atoms with Gasteiger partial charge in [0.05, 0.1) is 4.90 Å². The molecular formula is C19H21NO4S. The maximum atomic E-state index is 13.1. The zero-order valence-electron chi connectivity index (χ0n) is 14.4. The van der Waals surface area contributed by atoms with Crippen LogP contribution < -0.4 is 0 Å². The first-order chi connectivity index (χ1) is 11.8. The predicted molar refractivity (Wildman–Crippen MR) is 92.4 cm³/mol. The minimum Gasteiger partial charge on any atom is -0.300 e. The van der Waals surface area contributed by atoms with Crippen LogP contribution in [0.3, 0.4) is 0 Å². The highest BCUT2D eigenvalue weighted by Crippen LogP contribution is 2.57. The van der Waals surface area contributed by atoms with Gasteiger partial charge in [-0.1, -0.05) is 17.7 Å². The van der Waals surface area contributed by atoms with E-state index in [0.717, 1.165) is 11.1 Å². The van der Waals surface area contributed by atoms with Crippen LogP contribution in [-0.2, 0) is 19.6 Å². The smallest absolute Gasteiger partial charge is 0.243 e. The van der Waals surface area contributed by atoms with E-state index < -0.39 is 15.4 Å². The molecule has 0 unspecified atom stereocenters. The summed E-state index contributed by atoms with van der Waals surface area (Å²) in [5, 5.41) is 0. The summed E-state index contributed by atoms with van der Waals surface area (Å²) in [7, 11) is -3.60. The van der Waals surface area contributed by atoms with Crippen molar-refractivity contribution in [2.75, 3.05) is 13.1 Å². The van der Waals surface area contributed by atoms with Crippen LogP contribution in [0.25, 0.3) is 0 Å². The number of carbonyl (C=O) groups is 2. The van der Waals surface area contributed by atoms with Crippen LogP contribution in [-0.4, -0.2) is 37.4 Å². The number of carbonyl (C=O) groups excluding carboxylic acids is 2. The summed E-state index contributed by atoms with van der Waals surface area (Å²) in [6.07, 6.45) is 1.26. The van der Waals surface area contributed by atoms with Crippen molar-refractivity contribution in [3.05, 3.63) is 41.0 Å². The minimum atomic E-state index is -3.60. The van der Waals surface area contributed by atoms with Crippen LogP contribution in [0.4, 0.5) is 0 Å². The molecule has 2 atom stereocenters. The molecule has 25 heavy (non-hydrogen) atoms. The van der Waals surface area contributed by atoms with E-state index in [-0.39, 0.29) is 35.3 Å². The first kappa shape index (κ1) is 16.7. The molecule has 2 fully saturated rings. The maximum absolute atomic E-state index is 13.1. The molecule has 4 rings (SSSR count). The van der Waals surface area contributed by atoms with Crippen molar-refractivity contribution in [2.24, 2.45) is 11.3 Å². The lowest BCUT2D eigenvalue weighted by atomic mass is 9.66. The van der Waals surface area contributed by atoms with Crippen molar-refractivity contribution in [1.82, 2.24) is 4.31 Å². The molecular weight excluding hydrogens is 338 g/mol. The maximum Gasteiger partial charge on any atom is 0.243 e. The van der Waals surface area contributed by atoms with Gasteiger partial charge in [0.1, 0.15) is 5.78 Å². The number of rotatable bonds is 2. The van der Waals surface area contributed by atoms with E-state index in [1.165, 1.54) is 4.31 Å². The molecule has 6 heteroatoms. The highest BCUT2D eigenvalue weighted by Gasteiger charge is 2.59. The van der Waals surface area contributed by atoms with Gasteiger partial charge in [-0.25, -0.2) is 8.42 Å². The molecule has 3 aliphatic rings. The fourth-order valence-corrected chi connectivity index (χ4v) is 6.16. The van der Waals surface area contributed by atoms with E-state index in [1.54, 1.807) is 31.2 Å². The van der Waals surface area contributed by atoms with Gasteiger partial charge in [0.2, 0.25) is 10.0 Å². The molecule has 0 bridgehead atoms. The Morgan fingerprint density at radius 2 is 1.80 bits per heavy atom. The Kier molecular flexibility index (Phi) is 3.57. The lowest BCUT2D eigenvalue weighted by molar-refractivity contribution is -0.131. The standard InChI is InChI=1S/C19H21NO4S/c1-12-3-5-15(6-4-12)25(23,24)20-10-17-13(2)18(22)16-9-14(21)7-8-19(16,17)11-20/h3-6,16H,7-11H2,1-2H3/t16-,19+/m1/s1. The third-order valence-electron chi connectivity index (χ3n) is 6.14. The molecule has 132 valence electrons. The second kappa shape index (κ2) is 5.35. The second-order valence-corrected chi connectivity index (χ2v) is 9.44. The summed E-state index contributed by atoms with van der Waals surface area (Å²) in [5.41, 5.74) is 2.14. The van der Waals surface area contributed by atoms with E-state index in [1.807, 2.05) is 6.92 Å². The van der Waals surface area contributed by atoms with E-state index in [0.29, 0.717) is 25.0 Å². The van der Waals surface area contributed by atoms with Gasteiger partial charge in [0, 0.05) is 37.3 Å². The van der Waals surface area contributed by atoms with Gasteiger partial charge in [-0.3, -0.25) is 9.59 Å². The Morgan fingerprint density at radius 1 is 1.12 bits per heavy atom. The number of Topliss-reactive ketones (excluding diaryl/α,β-unsaturated/α-hetero) is 2. The number of ketones is 2. The summed E-state index contributed by atoms with van der Waals surface area (Å²) >= 11 is 0. The fourth-order valence-electron chi connectivity index (χ4n) is 4.69. The summed E-state index contributed by atoms with van der Waals surface area (Å²) in [4.78, 5) is 24.7. The monoisotopic (exact) mass is 359 g/mol. The molecule has 5 nitrogen and oxygen atoms in total. The van der Waals surface area contributed by atoms with Crippen molar-refractivity contribution < 1.29 is 18.0 Å². The SMILES string of the molecule is CC1=C2CN(S(=O)(=O)c3ccc(C)cc3)C[C@]23CCC(=O)C[C@@H]3C1=O. The molecule has 1 heterocycles. The fraction of sp³-hybridized carbons (Fsp3) is 0.474. The summed E-state index contributed by atoms with van der Waals surface area (Å²) in [6, 6.07) is 6.84. The highest BCUT2D eigenvalue weighted by molar-refractivity contribution is 7.89. The van der Waals surface area contributed by atoms with E-state index in [2.05, 4.69) is 0 Å². The Bertz CT molecular complexity index is 913. The van der Waals surface area contributed by atoms with Gasteiger partial charge in [0.15, 0.2) is 5.78 Å². The molecule has 0 N–H and O–H groups in total. The van der Waals surface area contributed by atoms with Crippen molar-refractivity contribution in [3.8, 4) is 0 Å². The summed E-state index contributed by atoms with van der Waals surface area (Å²) in [6.45, 7) is 4.27. The van der Waals surface area contributed by atoms with Gasteiger partial charge >= 0.3 is 0 Å². The number of nitrogens with zero attached hydrogens (tertiary/aromatic N) is 1. The average Bonchev–Trinajstić information content (AvgIpc) is 3.05. The number of hydrogen-bond donors (Lipinski definition) is 0. The number of sulfonamides is 1. The molecule has 1 saturated carbocycles. The first-order valence-corrected chi connectivity index (χ1v) is 10.0. The van der Waals surface area contributed by atoms with Crippen molar-refractivity contribution in [1.29, 1.82) is 0 Å². The average molecular weight is 359 g/mol. The van der Waals surface area contributed by atoms with Gasteiger partial charge in [-0.15, -0.1) is 0 Å². The van der Waals surface area contributed by atoms with Gasteiger partial charge < -0.3 is 0 Å². The summed E-state index contributed by atoms with van der Waals surface area (Å²) in [5.74, 6) is -0.227. The molecule has 1 aromatic rings. The molecule has 0 amide bonds. The number of benzene rings is 1. The molecule has 0 radical (unpaired) electrons. The zero-order valence-corrected chi connectivity index (χ0v) is 15.2. The Balaban J connectivity index is 1.74. The molecule has 1 aromatic carbocycles. The zero-order chi connectivity index (χ0) is 18.0. The molecule has 1 aliphatic heterocycles. The molecule has 1 spiro atoms. The van der Waals surface area contributed by atoms with Crippen LogP contribution in [0.2, 0.25) is 0 Å². The predicted octanol–water partition coefficient (Wildman–Crippen LogP) is 2.25. The van der Waals surface area contributed by atoms with Crippen molar-refractivity contribution in [3.63, 3.8) is 0 Å². The molecule has 0 aromatic heterocycles. The van der Waals surface area contributed by atoms with E-state index >= 15 is 0 Å². The lowest BCUT2D eigenvalue weighted by Crippen LogP contribution is -2.41. The van der Waals surface area contributed by atoms with Crippen molar-refractivity contribution >= 4 is 21.6 Å². The number of aryl methyl sites for hydroxylation is 1. The Morgan fingerprint density at radius 3 is 2.48 bits per heavy atom. The number of hydrogen-bond acceptors (Lipinski definition) is 4. The highest BCUT2D eigenvalue weighted by atomic mass is 32.2. The quantitative estimate of drug-likeness (QED) is 0.812. The normalized spacial score (nSPS) is 29.9. The largest absolute Gasteiger partial charge is 0.300 e. The Hall–Kier alpha value is -1.79. The van der Waals surface area contributed by atoms with Gasteiger partial charge in [-0.2, -0.15) is 4.31 Å². The van der Waals surface area contributed by atoms with E-state index in [4.69, 9.17) is 0 Å². The molecule has 2 aliphatic carbocycles. The van der Waals surface area contributed by atoms with Gasteiger partial charge in [-0.05, 0) is 43.5 Å². The Labute approximate surface area is 147 Å². The first-order valence-electron chi connectivity index (χ1n) is 8.59. The van der Waals surface area contributed by atoms with Crippen LogP contribution in [0.5, 0.6) is 0 Å². The van der Waals surface area contributed by atoms with Crippen LogP contribution in [0.15, 0.2) is 40.3 Å².